The van der Waals surface area contributed by atoms with Gasteiger partial charge in [-0.25, -0.2) is 4.79 Å². The summed E-state index contributed by atoms with van der Waals surface area (Å²) >= 11 is 0. The van der Waals surface area contributed by atoms with Crippen LogP contribution < -0.4 is 14.2 Å². The van der Waals surface area contributed by atoms with E-state index in [9.17, 15) is 25.2 Å². The van der Waals surface area contributed by atoms with Crippen molar-refractivity contribution in [1.82, 2.24) is 0 Å². The van der Waals surface area contributed by atoms with Crippen LogP contribution in [0.25, 0.3) is 6.08 Å². The van der Waals surface area contributed by atoms with Crippen molar-refractivity contribution in [3.63, 3.8) is 0 Å². The molecule has 0 aliphatic carbocycles. The molecule has 0 unspecified atom stereocenters. The number of aliphatic hydroxyl groups excluding tert-OH is 4. The lowest BCUT2D eigenvalue weighted by Crippen LogP contribution is -2.60. The predicted molar refractivity (Wildman–Crippen MR) is 99.6 cm³/mol. The van der Waals surface area contributed by atoms with E-state index in [1.807, 2.05) is 0 Å². The van der Waals surface area contributed by atoms with Crippen LogP contribution in [0.2, 0.25) is 0 Å². The van der Waals surface area contributed by atoms with Gasteiger partial charge in [0.25, 0.3) is 0 Å². The van der Waals surface area contributed by atoms with E-state index in [0.717, 1.165) is 0 Å². The third kappa shape index (κ3) is 5.37. The number of methoxy groups -OCH3 is 2. The molecule has 1 aliphatic heterocycles. The number of carbonyl (C=O) groups is 1. The molecule has 0 aromatic heterocycles. The molecule has 1 aromatic carbocycles. The Balaban J connectivity index is 2.31. The van der Waals surface area contributed by atoms with Crippen LogP contribution in [0.1, 0.15) is 12.5 Å². The lowest BCUT2D eigenvalue weighted by atomic mass is 9.99. The van der Waals surface area contributed by atoms with E-state index in [1.54, 1.807) is 19.1 Å². The first kappa shape index (κ1) is 22.9. The minimum absolute atomic E-state index is 0.0626. The summed E-state index contributed by atoms with van der Waals surface area (Å²) in [5, 5.41) is 39.3. The van der Waals surface area contributed by atoms with Crippen LogP contribution in [0, 0.1) is 0 Å². The highest BCUT2D eigenvalue weighted by molar-refractivity contribution is 5.87. The fourth-order valence-electron chi connectivity index (χ4n) is 2.75. The fourth-order valence-corrected chi connectivity index (χ4v) is 2.75. The van der Waals surface area contributed by atoms with E-state index in [-0.39, 0.29) is 23.9 Å². The summed E-state index contributed by atoms with van der Waals surface area (Å²) in [6, 6.07) is 3.11. The van der Waals surface area contributed by atoms with Gasteiger partial charge in [-0.2, -0.15) is 0 Å². The number of esters is 1. The first-order chi connectivity index (χ1) is 13.9. The van der Waals surface area contributed by atoms with E-state index in [0.29, 0.717) is 5.56 Å². The van der Waals surface area contributed by atoms with E-state index in [4.69, 9.17) is 23.7 Å². The monoisotopic (exact) mass is 414 g/mol. The van der Waals surface area contributed by atoms with Gasteiger partial charge >= 0.3 is 5.97 Å². The second kappa shape index (κ2) is 10.4. The zero-order chi connectivity index (χ0) is 21.6. The Labute approximate surface area is 167 Å². The van der Waals surface area contributed by atoms with Crippen LogP contribution in [0.3, 0.4) is 0 Å². The molecule has 10 nitrogen and oxygen atoms in total. The number of carbonyl (C=O) groups excluding carboxylic acids is 1. The zero-order valence-electron chi connectivity index (χ0n) is 16.3. The topological polar surface area (TPSA) is 144 Å². The van der Waals surface area contributed by atoms with E-state index in [1.165, 1.54) is 26.4 Å². The third-order valence-electron chi connectivity index (χ3n) is 4.26. The number of aliphatic hydroxyl groups is 4. The van der Waals surface area contributed by atoms with Crippen molar-refractivity contribution < 1.29 is 48.9 Å². The Hall–Kier alpha value is -2.37. The molecule has 162 valence electrons. The molecule has 1 aliphatic rings. The normalized spacial score (nSPS) is 26.9. The number of rotatable bonds is 8. The van der Waals surface area contributed by atoms with Gasteiger partial charge in [0.05, 0.1) is 27.4 Å². The summed E-state index contributed by atoms with van der Waals surface area (Å²) in [6.07, 6.45) is -4.47. The highest BCUT2D eigenvalue weighted by Gasteiger charge is 2.45. The molecular formula is C19H26O10. The molecule has 0 bridgehead atoms. The summed E-state index contributed by atoms with van der Waals surface area (Å²) in [5.41, 5.74) is 0.549. The van der Waals surface area contributed by atoms with Gasteiger partial charge < -0.3 is 44.1 Å². The van der Waals surface area contributed by atoms with Crippen molar-refractivity contribution in [2.75, 3.05) is 27.4 Å². The molecule has 0 radical (unpaired) electrons. The molecule has 4 N–H and O–H groups in total. The van der Waals surface area contributed by atoms with Gasteiger partial charge in [-0.05, 0) is 30.7 Å². The highest BCUT2D eigenvalue weighted by atomic mass is 16.7. The number of hydrogen-bond acceptors (Lipinski definition) is 10. The molecule has 1 aromatic rings. The molecule has 5 atom stereocenters. The number of benzene rings is 1. The van der Waals surface area contributed by atoms with Crippen molar-refractivity contribution in [1.29, 1.82) is 0 Å². The van der Waals surface area contributed by atoms with E-state index in [2.05, 4.69) is 0 Å². The van der Waals surface area contributed by atoms with Crippen molar-refractivity contribution in [2.45, 2.75) is 37.6 Å². The lowest BCUT2D eigenvalue weighted by molar-refractivity contribution is -0.277. The SMILES string of the molecule is CCOC(=O)C=Cc1cc(OC)c(O[C@H]2O[C@H](CO)[C@@H](O)[C@H](O)[C@@H]2O)c(OC)c1. The fraction of sp³-hybridized carbons (Fsp3) is 0.526. The maximum Gasteiger partial charge on any atom is 0.330 e. The lowest BCUT2D eigenvalue weighted by Gasteiger charge is -2.39. The van der Waals surface area contributed by atoms with Crippen molar-refractivity contribution in [3.05, 3.63) is 23.8 Å². The molecule has 0 amide bonds. The van der Waals surface area contributed by atoms with Crippen LogP contribution in [0.15, 0.2) is 18.2 Å². The minimum Gasteiger partial charge on any atom is -0.493 e. The molecule has 1 heterocycles. The molecule has 1 saturated heterocycles. The van der Waals surface area contributed by atoms with Crippen LogP contribution >= 0.6 is 0 Å². The second-order valence-electron chi connectivity index (χ2n) is 6.16. The van der Waals surface area contributed by atoms with Gasteiger partial charge in [0.1, 0.15) is 24.4 Å². The average molecular weight is 414 g/mol. The predicted octanol–water partition coefficient (Wildman–Crippen LogP) is -0.541. The quantitative estimate of drug-likeness (QED) is 0.323. The Morgan fingerprint density at radius 3 is 2.24 bits per heavy atom. The van der Waals surface area contributed by atoms with E-state index < -0.39 is 43.3 Å². The van der Waals surface area contributed by atoms with Crippen molar-refractivity contribution in [3.8, 4) is 17.2 Å². The van der Waals surface area contributed by atoms with Gasteiger partial charge in [0, 0.05) is 6.08 Å². The standard InChI is InChI=1S/C19H26O10/c1-4-27-14(21)6-5-10-7-11(25-2)18(12(8-10)26-3)29-19-17(24)16(23)15(22)13(9-20)28-19/h5-8,13,15-17,19-20,22-24H,4,9H2,1-3H3/t13-,15-,16+,17+,19-/m1/s1. The van der Waals surface area contributed by atoms with Crippen molar-refractivity contribution >= 4 is 12.0 Å². The molecule has 0 saturated carbocycles. The molecule has 2 rings (SSSR count). The first-order valence-electron chi connectivity index (χ1n) is 8.94. The molecule has 1 fully saturated rings. The number of ether oxygens (including phenoxy) is 5. The van der Waals surface area contributed by atoms with E-state index >= 15 is 0 Å². The molecular weight excluding hydrogens is 388 g/mol. The number of hydrogen-bond donors (Lipinski definition) is 4. The Morgan fingerprint density at radius 1 is 1.10 bits per heavy atom. The van der Waals surface area contributed by atoms with Gasteiger partial charge in [-0.15, -0.1) is 0 Å². The molecule has 10 heteroatoms. The van der Waals surface area contributed by atoms with Crippen LogP contribution in [-0.4, -0.2) is 84.5 Å². The summed E-state index contributed by atoms with van der Waals surface area (Å²) in [7, 11) is 2.77. The Morgan fingerprint density at radius 2 is 1.72 bits per heavy atom. The largest absolute Gasteiger partial charge is 0.493 e. The smallest absolute Gasteiger partial charge is 0.330 e. The summed E-state index contributed by atoms with van der Waals surface area (Å²) in [6.45, 7) is 1.36. The van der Waals surface area contributed by atoms with Gasteiger partial charge in [-0.1, -0.05) is 0 Å². The van der Waals surface area contributed by atoms with Crippen LogP contribution in [0.5, 0.6) is 17.2 Å². The summed E-state index contributed by atoms with van der Waals surface area (Å²) in [5.74, 6) is -0.0469. The molecule has 29 heavy (non-hydrogen) atoms. The van der Waals surface area contributed by atoms with Gasteiger partial charge in [0.15, 0.2) is 11.5 Å². The Kier molecular flexibility index (Phi) is 8.23. The summed E-state index contributed by atoms with van der Waals surface area (Å²) in [4.78, 5) is 11.5. The average Bonchev–Trinajstić information content (AvgIpc) is 2.72. The zero-order valence-corrected chi connectivity index (χ0v) is 16.3. The maximum atomic E-state index is 11.5. The van der Waals surface area contributed by atoms with Gasteiger partial charge in [-0.3, -0.25) is 0 Å². The Bertz CT molecular complexity index is 692. The van der Waals surface area contributed by atoms with Gasteiger partial charge in [0.2, 0.25) is 12.0 Å². The second-order valence-corrected chi connectivity index (χ2v) is 6.16. The maximum absolute atomic E-state index is 11.5. The third-order valence-corrected chi connectivity index (χ3v) is 4.26. The van der Waals surface area contributed by atoms with Crippen LogP contribution in [0.4, 0.5) is 0 Å². The first-order valence-corrected chi connectivity index (χ1v) is 8.94. The van der Waals surface area contributed by atoms with Crippen LogP contribution in [-0.2, 0) is 14.3 Å². The highest BCUT2D eigenvalue weighted by Crippen LogP contribution is 2.40. The minimum atomic E-state index is -1.59. The molecule has 0 spiro atoms. The van der Waals surface area contributed by atoms with Crippen molar-refractivity contribution in [2.24, 2.45) is 0 Å². The summed E-state index contributed by atoms with van der Waals surface area (Å²) < 4.78 is 26.5.